The summed E-state index contributed by atoms with van der Waals surface area (Å²) in [5.74, 6) is -0.0512. The molecule has 0 atom stereocenters. The highest BCUT2D eigenvalue weighted by Crippen LogP contribution is 2.28. The molecule has 0 saturated heterocycles. The minimum atomic E-state index is -0.543. The maximum atomic E-state index is 13.5. The van der Waals surface area contributed by atoms with Gasteiger partial charge in [0, 0.05) is 21.2 Å². The average Bonchev–Trinajstić information content (AvgIpc) is 2.90. The van der Waals surface area contributed by atoms with Crippen LogP contribution in [0, 0.1) is 5.82 Å². The maximum Gasteiger partial charge on any atom is 0.258 e. The van der Waals surface area contributed by atoms with Crippen molar-refractivity contribution in [3.8, 4) is 22.8 Å². The van der Waals surface area contributed by atoms with Crippen LogP contribution in [0.25, 0.3) is 22.8 Å². The predicted octanol–water partition coefficient (Wildman–Crippen LogP) is 4.43. The number of benzene rings is 2. The van der Waals surface area contributed by atoms with Crippen molar-refractivity contribution >= 4 is 28.9 Å². The van der Waals surface area contributed by atoms with E-state index in [0.717, 1.165) is 0 Å². The monoisotopic (exact) mass is 323 g/mol. The van der Waals surface area contributed by atoms with Gasteiger partial charge < -0.3 is 10.3 Å². The Morgan fingerprint density at radius 2 is 1.71 bits per heavy atom. The molecule has 0 bridgehead atoms. The number of nitrogens with zero attached hydrogens (tertiary/aromatic N) is 2. The summed E-state index contributed by atoms with van der Waals surface area (Å²) in [6.45, 7) is 0. The summed E-state index contributed by atoms with van der Waals surface area (Å²) >= 11 is 11.9. The predicted molar refractivity (Wildman–Crippen MR) is 79.6 cm³/mol. The molecule has 0 fully saturated rings. The molecule has 0 radical (unpaired) electrons. The summed E-state index contributed by atoms with van der Waals surface area (Å²) in [7, 11) is 0. The van der Waals surface area contributed by atoms with Gasteiger partial charge in [0.25, 0.3) is 5.89 Å². The first kappa shape index (κ1) is 13.9. The average molecular weight is 324 g/mol. The lowest BCUT2D eigenvalue weighted by Crippen LogP contribution is -1.90. The van der Waals surface area contributed by atoms with Gasteiger partial charge in [0.2, 0.25) is 5.82 Å². The van der Waals surface area contributed by atoms with E-state index in [9.17, 15) is 4.39 Å². The molecule has 0 aliphatic carbocycles. The van der Waals surface area contributed by atoms with Gasteiger partial charge >= 0.3 is 0 Å². The Morgan fingerprint density at radius 1 is 1.00 bits per heavy atom. The van der Waals surface area contributed by atoms with E-state index in [4.69, 9.17) is 33.5 Å². The van der Waals surface area contributed by atoms with Gasteiger partial charge in [0.05, 0.1) is 5.69 Å². The van der Waals surface area contributed by atoms with Crippen LogP contribution in [0.5, 0.6) is 0 Å². The first-order chi connectivity index (χ1) is 10.0. The molecule has 0 aliphatic rings. The van der Waals surface area contributed by atoms with Crippen LogP contribution in [0.3, 0.4) is 0 Å². The van der Waals surface area contributed by atoms with E-state index >= 15 is 0 Å². The fourth-order valence-corrected chi connectivity index (χ4v) is 2.33. The van der Waals surface area contributed by atoms with Gasteiger partial charge in [-0.3, -0.25) is 0 Å². The van der Waals surface area contributed by atoms with Gasteiger partial charge in [-0.2, -0.15) is 4.98 Å². The molecule has 21 heavy (non-hydrogen) atoms. The Bertz CT molecular complexity index is 799. The molecule has 3 rings (SSSR count). The molecular weight excluding hydrogens is 316 g/mol. The minimum Gasteiger partial charge on any atom is -0.396 e. The maximum absolute atomic E-state index is 13.5. The number of rotatable bonds is 2. The molecule has 0 saturated carbocycles. The van der Waals surface area contributed by atoms with Crippen molar-refractivity contribution in [2.45, 2.75) is 0 Å². The highest BCUT2D eigenvalue weighted by Gasteiger charge is 2.13. The summed E-state index contributed by atoms with van der Waals surface area (Å²) < 4.78 is 18.6. The summed E-state index contributed by atoms with van der Waals surface area (Å²) in [6.07, 6.45) is 0. The van der Waals surface area contributed by atoms with Gasteiger partial charge in [-0.1, -0.05) is 28.4 Å². The van der Waals surface area contributed by atoms with Gasteiger partial charge in [0.15, 0.2) is 0 Å². The van der Waals surface area contributed by atoms with E-state index < -0.39 is 5.82 Å². The van der Waals surface area contributed by atoms with E-state index in [1.54, 1.807) is 24.3 Å². The quantitative estimate of drug-likeness (QED) is 0.708. The Balaban J connectivity index is 2.01. The third-order valence-electron chi connectivity index (χ3n) is 2.79. The lowest BCUT2D eigenvalue weighted by atomic mass is 10.2. The van der Waals surface area contributed by atoms with Crippen molar-refractivity contribution in [3.63, 3.8) is 0 Å². The molecule has 7 heteroatoms. The largest absolute Gasteiger partial charge is 0.396 e. The number of aromatic nitrogens is 2. The molecule has 0 unspecified atom stereocenters. The second kappa shape index (κ2) is 5.35. The lowest BCUT2D eigenvalue weighted by molar-refractivity contribution is 0.432. The van der Waals surface area contributed by atoms with Crippen LogP contribution in [0.15, 0.2) is 40.9 Å². The SMILES string of the molecule is Nc1ccc(-c2nc(-c3cc(Cl)cc(Cl)c3)no2)cc1F. The second-order valence-corrected chi connectivity index (χ2v) is 5.19. The van der Waals surface area contributed by atoms with E-state index in [0.29, 0.717) is 27.0 Å². The molecule has 1 aromatic heterocycles. The lowest BCUT2D eigenvalue weighted by Gasteiger charge is -1.98. The number of halogens is 3. The summed E-state index contributed by atoms with van der Waals surface area (Å²) in [5, 5.41) is 4.76. The second-order valence-electron chi connectivity index (χ2n) is 4.32. The summed E-state index contributed by atoms with van der Waals surface area (Å²) in [6, 6.07) is 9.18. The van der Waals surface area contributed by atoms with E-state index in [1.165, 1.54) is 12.1 Å². The minimum absolute atomic E-state index is 0.0557. The van der Waals surface area contributed by atoms with E-state index in [2.05, 4.69) is 10.1 Å². The van der Waals surface area contributed by atoms with Crippen LogP contribution in [0.2, 0.25) is 10.0 Å². The Morgan fingerprint density at radius 3 is 2.38 bits per heavy atom. The van der Waals surface area contributed by atoms with Crippen LogP contribution < -0.4 is 5.73 Å². The Kier molecular flexibility index (Phi) is 3.53. The number of nitrogens with two attached hydrogens (primary N) is 1. The molecule has 3 aromatic rings. The Hall–Kier alpha value is -2.11. The molecule has 0 spiro atoms. The summed E-state index contributed by atoms with van der Waals surface area (Å²) in [5.41, 5.74) is 6.53. The molecule has 0 aliphatic heterocycles. The zero-order chi connectivity index (χ0) is 15.0. The van der Waals surface area contributed by atoms with Crippen molar-refractivity contribution in [2.75, 3.05) is 5.73 Å². The van der Waals surface area contributed by atoms with Crippen LogP contribution in [0.4, 0.5) is 10.1 Å². The molecule has 1 heterocycles. The molecule has 2 N–H and O–H groups in total. The van der Waals surface area contributed by atoms with Crippen LogP contribution in [0.1, 0.15) is 0 Å². The van der Waals surface area contributed by atoms with Crippen molar-refractivity contribution in [2.24, 2.45) is 0 Å². The standard InChI is InChI=1S/C14H8Cl2FN3O/c15-9-3-8(4-10(16)6-9)13-19-14(21-20-13)7-1-2-12(18)11(17)5-7/h1-6H,18H2. The van der Waals surface area contributed by atoms with Gasteiger partial charge in [-0.05, 0) is 36.4 Å². The zero-order valence-electron chi connectivity index (χ0n) is 10.5. The van der Waals surface area contributed by atoms with Crippen LogP contribution >= 0.6 is 23.2 Å². The zero-order valence-corrected chi connectivity index (χ0v) is 12.0. The molecule has 106 valence electrons. The molecule has 2 aromatic carbocycles. The smallest absolute Gasteiger partial charge is 0.258 e. The van der Waals surface area contributed by atoms with Crippen molar-refractivity contribution in [1.82, 2.24) is 10.1 Å². The van der Waals surface area contributed by atoms with E-state index in [-0.39, 0.29) is 11.6 Å². The fourth-order valence-electron chi connectivity index (χ4n) is 1.80. The number of hydrogen-bond acceptors (Lipinski definition) is 4. The van der Waals surface area contributed by atoms with Gasteiger partial charge in [-0.15, -0.1) is 0 Å². The third kappa shape index (κ3) is 2.84. The molecule has 0 amide bonds. The highest BCUT2D eigenvalue weighted by atomic mass is 35.5. The van der Waals surface area contributed by atoms with Gasteiger partial charge in [-0.25, -0.2) is 4.39 Å². The first-order valence-electron chi connectivity index (χ1n) is 5.88. The van der Waals surface area contributed by atoms with Crippen molar-refractivity contribution < 1.29 is 8.91 Å². The Labute approximate surface area is 129 Å². The van der Waals surface area contributed by atoms with Crippen molar-refractivity contribution in [1.29, 1.82) is 0 Å². The number of hydrogen-bond donors (Lipinski definition) is 1. The third-order valence-corrected chi connectivity index (χ3v) is 3.23. The van der Waals surface area contributed by atoms with Crippen LogP contribution in [-0.4, -0.2) is 10.1 Å². The molecular formula is C14H8Cl2FN3O. The number of anilines is 1. The normalized spacial score (nSPS) is 10.8. The first-order valence-corrected chi connectivity index (χ1v) is 6.64. The highest BCUT2D eigenvalue weighted by molar-refractivity contribution is 6.35. The van der Waals surface area contributed by atoms with Crippen molar-refractivity contribution in [3.05, 3.63) is 52.3 Å². The fraction of sp³-hybridized carbons (Fsp3) is 0. The summed E-state index contributed by atoms with van der Waals surface area (Å²) in [4.78, 5) is 4.20. The number of nitrogen functional groups attached to an aromatic ring is 1. The molecule has 4 nitrogen and oxygen atoms in total. The van der Waals surface area contributed by atoms with Gasteiger partial charge in [0.1, 0.15) is 5.82 Å². The van der Waals surface area contributed by atoms with Crippen LogP contribution in [-0.2, 0) is 0 Å². The topological polar surface area (TPSA) is 64.9 Å². The van der Waals surface area contributed by atoms with E-state index in [1.807, 2.05) is 0 Å².